The maximum absolute atomic E-state index is 13.6. The number of anilines is 1. The lowest BCUT2D eigenvalue weighted by atomic mass is 9.93. The van der Waals surface area contributed by atoms with Gasteiger partial charge in [-0.15, -0.1) is 0 Å². The Bertz CT molecular complexity index is 2390. The predicted molar refractivity (Wildman–Crippen MR) is 222 cm³/mol. The normalized spacial score (nSPS) is 17.0. The van der Waals surface area contributed by atoms with Gasteiger partial charge in [0.2, 0.25) is 15.4 Å². The molecular weight excluding hydrogens is 757 g/mol. The second-order valence-corrected chi connectivity index (χ2v) is 16.9. The number of H-pyrrole nitrogens is 1. The molecule has 1 saturated heterocycles. The number of carbonyl (C=O) groups is 1. The molecule has 7 rings (SSSR count). The summed E-state index contributed by atoms with van der Waals surface area (Å²) in [5.41, 5.74) is 2.37. The topological polar surface area (TPSA) is 177 Å². The Labute approximate surface area is 338 Å². The molecule has 5 N–H and O–H groups in total. The Balaban J connectivity index is 0.867. The molecule has 0 spiro atoms. The number of aliphatic hydroxyl groups is 1. The fourth-order valence-electron chi connectivity index (χ4n) is 7.88. The minimum absolute atomic E-state index is 0.0772. The first-order valence-electron chi connectivity index (χ1n) is 19.8. The van der Waals surface area contributed by atoms with Gasteiger partial charge in [-0.1, -0.05) is 49.6 Å². The van der Waals surface area contributed by atoms with E-state index in [1.807, 2.05) is 12.1 Å². The highest BCUT2D eigenvalue weighted by Gasteiger charge is 2.28. The van der Waals surface area contributed by atoms with Crippen molar-refractivity contribution < 1.29 is 28.2 Å². The van der Waals surface area contributed by atoms with Gasteiger partial charge in [-0.05, 0) is 85.0 Å². The summed E-state index contributed by atoms with van der Waals surface area (Å²) in [6, 6.07) is 23.6. The van der Waals surface area contributed by atoms with Crippen LogP contribution in [-0.4, -0.2) is 83.1 Å². The minimum Gasteiger partial charge on any atom is -0.506 e. The molecule has 2 atom stereocenters. The molecule has 304 valence electrons. The van der Waals surface area contributed by atoms with Crippen LogP contribution in [0.5, 0.6) is 11.5 Å². The lowest BCUT2D eigenvalue weighted by Gasteiger charge is -2.42. The highest BCUT2D eigenvalue weighted by molar-refractivity contribution is 7.91. The number of hydrogen-bond acceptors (Lipinski definition) is 11. The van der Waals surface area contributed by atoms with Gasteiger partial charge in [-0.3, -0.25) is 19.4 Å². The number of aliphatic hydroxyl groups excluding tert-OH is 1. The van der Waals surface area contributed by atoms with Gasteiger partial charge in [0, 0.05) is 75.1 Å². The summed E-state index contributed by atoms with van der Waals surface area (Å²) >= 11 is 0. The van der Waals surface area contributed by atoms with Crippen LogP contribution in [-0.2, 0) is 21.2 Å². The van der Waals surface area contributed by atoms with Crippen LogP contribution < -0.4 is 20.9 Å². The Kier molecular flexibility index (Phi) is 13.0. The van der Waals surface area contributed by atoms with Crippen molar-refractivity contribution in [2.45, 2.75) is 73.6 Å². The number of rotatable bonds is 14. The van der Waals surface area contributed by atoms with Gasteiger partial charge in [0.05, 0.1) is 27.7 Å². The van der Waals surface area contributed by atoms with E-state index in [-0.39, 0.29) is 45.0 Å². The standard InChI is InChI=1S/C44H50N6O7S/c1-30(49-21-23-50(24-22-49)33-6-3-2-4-7-33)32-11-13-35(14-12-32)58(55,56)36-9-5-8-34(26-36)57-25-20-43(54)47-41-18-10-31(28-46-41)27-45-29-40(52)37-15-17-39(51)44-38(37)16-19-42(53)48-44/h5,8-20,25-26,28,30,33,40,45,51-52H,2-4,6-7,21-24,27,29H2,1H3,(H,48,53)(H,46,47,54)/t30-,40-/m0/s1. The molecule has 0 unspecified atom stereocenters. The molecule has 1 aliphatic carbocycles. The third kappa shape index (κ3) is 9.83. The number of hydrogen-bond donors (Lipinski definition) is 5. The number of phenolic OH excluding ortho intramolecular Hbond substituents is 1. The molecule has 1 amide bonds. The summed E-state index contributed by atoms with van der Waals surface area (Å²) in [4.78, 5) is 36.6. The number of pyridine rings is 2. The summed E-state index contributed by atoms with van der Waals surface area (Å²) < 4.78 is 32.8. The fourth-order valence-corrected chi connectivity index (χ4v) is 9.18. The van der Waals surface area contributed by atoms with Crippen molar-refractivity contribution in [3.8, 4) is 11.5 Å². The quantitative estimate of drug-likeness (QED) is 0.0675. The number of piperazine rings is 1. The number of nitrogens with zero attached hydrogens (tertiary/aromatic N) is 3. The summed E-state index contributed by atoms with van der Waals surface area (Å²) in [7, 11) is -3.82. The Morgan fingerprint density at radius 2 is 1.74 bits per heavy atom. The minimum atomic E-state index is -3.82. The molecular formula is C44H50N6O7S. The summed E-state index contributed by atoms with van der Waals surface area (Å²) in [6.07, 6.45) is 9.72. The Morgan fingerprint density at radius 1 is 0.966 bits per heavy atom. The van der Waals surface area contributed by atoms with Crippen molar-refractivity contribution in [1.29, 1.82) is 0 Å². The summed E-state index contributed by atoms with van der Waals surface area (Å²) in [6.45, 7) is 6.94. The molecule has 2 fully saturated rings. The molecule has 0 bridgehead atoms. The van der Waals surface area contributed by atoms with Crippen molar-refractivity contribution in [3.63, 3.8) is 0 Å². The molecule has 58 heavy (non-hydrogen) atoms. The van der Waals surface area contributed by atoms with Crippen molar-refractivity contribution >= 4 is 32.5 Å². The number of phenols is 1. The number of carbonyl (C=O) groups excluding carboxylic acids is 1. The van der Waals surface area contributed by atoms with Gasteiger partial charge < -0.3 is 30.6 Å². The van der Waals surface area contributed by atoms with E-state index in [1.165, 1.54) is 68.7 Å². The van der Waals surface area contributed by atoms with E-state index in [0.29, 0.717) is 23.3 Å². The van der Waals surface area contributed by atoms with Gasteiger partial charge in [0.1, 0.15) is 17.3 Å². The van der Waals surface area contributed by atoms with Crippen molar-refractivity contribution in [1.82, 2.24) is 25.1 Å². The number of ether oxygens (including phenoxy) is 1. The molecule has 3 aromatic carbocycles. The smallest absolute Gasteiger partial charge is 0.252 e. The molecule has 1 aliphatic heterocycles. The molecule has 2 aromatic heterocycles. The maximum Gasteiger partial charge on any atom is 0.252 e. The van der Waals surface area contributed by atoms with Gasteiger partial charge in [0.15, 0.2) is 0 Å². The zero-order chi connectivity index (χ0) is 40.6. The SMILES string of the molecule is C[C@@H](c1ccc(S(=O)(=O)c2cccc(OC=CC(=O)Nc3ccc(CNC[C@H](O)c4ccc(O)c5[nH]c(=O)ccc45)cn3)c2)cc1)N1CCN(C2CCCCC2)CC1. The highest BCUT2D eigenvalue weighted by atomic mass is 32.2. The number of aromatic nitrogens is 2. The zero-order valence-corrected chi connectivity index (χ0v) is 33.3. The highest BCUT2D eigenvalue weighted by Crippen LogP contribution is 2.30. The molecule has 13 nitrogen and oxygen atoms in total. The number of nitrogens with one attached hydrogen (secondary N) is 3. The molecule has 0 radical (unpaired) electrons. The summed E-state index contributed by atoms with van der Waals surface area (Å²) in [5.74, 6) is 0.00453. The average molecular weight is 807 g/mol. The molecule has 14 heteroatoms. The summed E-state index contributed by atoms with van der Waals surface area (Å²) in [5, 5.41) is 27.3. The van der Waals surface area contributed by atoms with Crippen LogP contribution in [0.25, 0.3) is 10.9 Å². The predicted octanol–water partition coefficient (Wildman–Crippen LogP) is 5.83. The Hall–Kier alpha value is -5.38. The maximum atomic E-state index is 13.6. The first-order valence-corrected chi connectivity index (χ1v) is 21.3. The van der Waals surface area contributed by atoms with E-state index in [1.54, 1.807) is 54.7 Å². The molecule has 1 saturated carbocycles. The number of benzene rings is 3. The van der Waals surface area contributed by atoms with E-state index >= 15 is 0 Å². The van der Waals surface area contributed by atoms with Crippen LogP contribution in [0.2, 0.25) is 0 Å². The largest absolute Gasteiger partial charge is 0.506 e. The van der Waals surface area contributed by atoms with E-state index in [4.69, 9.17) is 4.74 Å². The third-order valence-electron chi connectivity index (χ3n) is 11.2. The fraction of sp³-hybridized carbons (Fsp3) is 0.341. The molecule has 5 aromatic rings. The number of aromatic hydroxyl groups is 1. The lowest BCUT2D eigenvalue weighted by molar-refractivity contribution is -0.112. The van der Waals surface area contributed by atoms with E-state index in [0.717, 1.165) is 43.3 Å². The number of aromatic amines is 1. The van der Waals surface area contributed by atoms with Crippen molar-refractivity contribution in [2.75, 3.05) is 38.0 Å². The van der Waals surface area contributed by atoms with Crippen LogP contribution in [0.3, 0.4) is 0 Å². The molecule has 2 aliphatic rings. The molecule has 3 heterocycles. The Morgan fingerprint density at radius 3 is 2.48 bits per heavy atom. The van der Waals surface area contributed by atoms with Gasteiger partial charge in [0.25, 0.3) is 5.91 Å². The van der Waals surface area contributed by atoms with E-state index in [9.17, 15) is 28.2 Å². The van der Waals surface area contributed by atoms with Crippen LogP contribution in [0.1, 0.15) is 67.9 Å². The lowest BCUT2D eigenvalue weighted by Crippen LogP contribution is -2.51. The van der Waals surface area contributed by atoms with Crippen LogP contribution in [0.4, 0.5) is 5.82 Å². The second-order valence-electron chi connectivity index (χ2n) is 15.0. The van der Waals surface area contributed by atoms with Crippen LogP contribution in [0, 0.1) is 0 Å². The third-order valence-corrected chi connectivity index (χ3v) is 13.0. The van der Waals surface area contributed by atoms with Gasteiger partial charge in [-0.25, -0.2) is 13.4 Å². The first-order chi connectivity index (χ1) is 28.0. The second kappa shape index (κ2) is 18.5. The van der Waals surface area contributed by atoms with Crippen LogP contribution >= 0.6 is 0 Å². The number of amides is 1. The van der Waals surface area contributed by atoms with Crippen molar-refractivity contribution in [3.05, 3.63) is 131 Å². The number of sulfone groups is 1. The van der Waals surface area contributed by atoms with Gasteiger partial charge in [-0.2, -0.15) is 0 Å². The monoisotopic (exact) mass is 806 g/mol. The first kappa shape index (κ1) is 40.8. The zero-order valence-electron chi connectivity index (χ0n) is 32.5. The number of fused-ring (bicyclic) bond motifs is 1. The van der Waals surface area contributed by atoms with Gasteiger partial charge >= 0.3 is 0 Å². The van der Waals surface area contributed by atoms with Crippen molar-refractivity contribution in [2.24, 2.45) is 0 Å². The van der Waals surface area contributed by atoms with Crippen LogP contribution in [0.15, 0.2) is 118 Å². The van der Waals surface area contributed by atoms with E-state index in [2.05, 4.69) is 37.3 Å². The average Bonchev–Trinajstić information content (AvgIpc) is 3.25. The van der Waals surface area contributed by atoms with E-state index < -0.39 is 21.8 Å².